The molecule has 1 aliphatic carbocycles. The lowest BCUT2D eigenvalue weighted by Gasteiger charge is -2.23. The summed E-state index contributed by atoms with van der Waals surface area (Å²) in [6.45, 7) is 0. The fraction of sp³-hybridized carbons (Fsp3) is 0.500. The van der Waals surface area contributed by atoms with Crippen molar-refractivity contribution in [3.63, 3.8) is 0 Å². The summed E-state index contributed by atoms with van der Waals surface area (Å²) >= 11 is 0. The Hall–Kier alpha value is -1.14. The summed E-state index contributed by atoms with van der Waals surface area (Å²) < 4.78 is 39.6. The third-order valence-electron chi connectivity index (χ3n) is 3.45. The van der Waals surface area contributed by atoms with E-state index in [1.54, 1.807) is 0 Å². The molecule has 2 rings (SSSR count). The van der Waals surface area contributed by atoms with E-state index in [1.807, 2.05) is 0 Å². The fourth-order valence-electron chi connectivity index (χ4n) is 2.35. The summed E-state index contributed by atoms with van der Waals surface area (Å²) in [4.78, 5) is -0.300. The van der Waals surface area contributed by atoms with Crippen LogP contribution in [0.1, 0.15) is 25.7 Å². The third kappa shape index (κ3) is 2.35. The molecule has 0 heterocycles. The molecule has 6 heteroatoms. The molecule has 1 aromatic rings. The second kappa shape index (κ2) is 4.85. The highest BCUT2D eigenvalue weighted by molar-refractivity contribution is 7.89. The predicted molar refractivity (Wildman–Crippen MR) is 68.0 cm³/mol. The standard InChI is InChI=1S/C12H17FN2O2S/c1-15(10-4-2-3-5-10)18(16,17)12-7-6-9(14)8-11(12)13/h6-8,10H,2-5,14H2,1H3. The van der Waals surface area contributed by atoms with E-state index in [1.165, 1.54) is 23.5 Å². The van der Waals surface area contributed by atoms with Crippen molar-refractivity contribution in [1.29, 1.82) is 0 Å². The smallest absolute Gasteiger partial charge is 0.245 e. The molecule has 1 saturated carbocycles. The summed E-state index contributed by atoms with van der Waals surface area (Å²) in [5, 5.41) is 0. The molecule has 100 valence electrons. The number of sulfonamides is 1. The molecule has 0 atom stereocenters. The Kier molecular flexibility index (Phi) is 3.59. The van der Waals surface area contributed by atoms with E-state index >= 15 is 0 Å². The van der Waals surface area contributed by atoms with Crippen LogP contribution < -0.4 is 5.73 Å². The molecule has 2 N–H and O–H groups in total. The zero-order chi connectivity index (χ0) is 13.3. The van der Waals surface area contributed by atoms with E-state index in [9.17, 15) is 12.8 Å². The second-order valence-electron chi connectivity index (χ2n) is 4.65. The van der Waals surface area contributed by atoms with Gasteiger partial charge in [-0.3, -0.25) is 0 Å². The number of rotatable bonds is 3. The van der Waals surface area contributed by atoms with Crippen LogP contribution >= 0.6 is 0 Å². The molecule has 0 aliphatic heterocycles. The SMILES string of the molecule is CN(C1CCCC1)S(=O)(=O)c1ccc(N)cc1F. The lowest BCUT2D eigenvalue weighted by molar-refractivity contribution is 0.371. The molecular formula is C12H17FN2O2S. The van der Waals surface area contributed by atoms with Crippen LogP contribution in [0.15, 0.2) is 23.1 Å². The first kappa shape index (κ1) is 13.3. The van der Waals surface area contributed by atoms with E-state index in [0.29, 0.717) is 0 Å². The highest BCUT2D eigenvalue weighted by atomic mass is 32.2. The van der Waals surface area contributed by atoms with Crippen molar-refractivity contribution in [3.05, 3.63) is 24.0 Å². The van der Waals surface area contributed by atoms with Gasteiger partial charge in [0.25, 0.3) is 0 Å². The van der Waals surface area contributed by atoms with E-state index < -0.39 is 15.8 Å². The Morgan fingerprint density at radius 2 is 1.94 bits per heavy atom. The zero-order valence-electron chi connectivity index (χ0n) is 10.3. The van der Waals surface area contributed by atoms with Crippen LogP contribution in [0.4, 0.5) is 10.1 Å². The van der Waals surface area contributed by atoms with Gasteiger partial charge in [0.1, 0.15) is 10.7 Å². The number of nitrogens with two attached hydrogens (primary N) is 1. The van der Waals surface area contributed by atoms with Gasteiger partial charge in [0.2, 0.25) is 10.0 Å². The topological polar surface area (TPSA) is 63.4 Å². The average molecular weight is 272 g/mol. The van der Waals surface area contributed by atoms with Crippen LogP contribution in [0.25, 0.3) is 0 Å². The van der Waals surface area contributed by atoms with Crippen LogP contribution in [0.2, 0.25) is 0 Å². The number of nitrogen functional groups attached to an aromatic ring is 1. The van der Waals surface area contributed by atoms with E-state index in [-0.39, 0.29) is 16.6 Å². The maximum absolute atomic E-state index is 13.7. The fourth-order valence-corrected chi connectivity index (χ4v) is 3.80. The molecule has 18 heavy (non-hydrogen) atoms. The Morgan fingerprint density at radius 1 is 1.33 bits per heavy atom. The van der Waals surface area contributed by atoms with E-state index in [2.05, 4.69) is 0 Å². The summed E-state index contributed by atoms with van der Waals surface area (Å²) in [5.41, 5.74) is 5.64. The lowest BCUT2D eigenvalue weighted by atomic mass is 10.3. The van der Waals surface area contributed by atoms with Gasteiger partial charge in [-0.1, -0.05) is 12.8 Å². The molecule has 0 spiro atoms. The molecule has 0 bridgehead atoms. The molecule has 0 radical (unpaired) electrons. The molecule has 0 saturated heterocycles. The van der Waals surface area contributed by atoms with Crippen LogP contribution in [-0.4, -0.2) is 25.8 Å². The Morgan fingerprint density at radius 3 is 2.50 bits per heavy atom. The van der Waals surface area contributed by atoms with Crippen molar-refractivity contribution in [2.75, 3.05) is 12.8 Å². The molecule has 0 amide bonds. The number of anilines is 1. The van der Waals surface area contributed by atoms with Crippen molar-refractivity contribution in [3.8, 4) is 0 Å². The van der Waals surface area contributed by atoms with Gasteiger partial charge >= 0.3 is 0 Å². The third-order valence-corrected chi connectivity index (χ3v) is 5.40. The van der Waals surface area contributed by atoms with Gasteiger partial charge in [0, 0.05) is 18.8 Å². The van der Waals surface area contributed by atoms with E-state index in [0.717, 1.165) is 31.7 Å². The lowest BCUT2D eigenvalue weighted by Crippen LogP contribution is -2.35. The summed E-state index contributed by atoms with van der Waals surface area (Å²) in [6, 6.07) is 3.64. The van der Waals surface area contributed by atoms with Gasteiger partial charge in [-0.2, -0.15) is 4.31 Å². The molecule has 1 aromatic carbocycles. The van der Waals surface area contributed by atoms with Crippen molar-refractivity contribution >= 4 is 15.7 Å². The first-order valence-electron chi connectivity index (χ1n) is 5.96. The number of nitrogens with zero attached hydrogens (tertiary/aromatic N) is 1. The Bertz CT molecular complexity index is 539. The van der Waals surface area contributed by atoms with Crippen LogP contribution in [0, 0.1) is 5.82 Å². The van der Waals surface area contributed by atoms with Gasteiger partial charge in [-0.05, 0) is 31.0 Å². The monoisotopic (exact) mass is 272 g/mol. The number of hydrogen-bond acceptors (Lipinski definition) is 3. The predicted octanol–water partition coefficient (Wildman–Crippen LogP) is 1.97. The minimum Gasteiger partial charge on any atom is -0.399 e. The maximum Gasteiger partial charge on any atom is 0.245 e. The molecule has 1 fully saturated rings. The van der Waals surface area contributed by atoms with Crippen molar-refractivity contribution in [2.24, 2.45) is 0 Å². The first-order chi connectivity index (χ1) is 8.43. The highest BCUT2D eigenvalue weighted by Gasteiger charge is 2.31. The minimum absolute atomic E-state index is 0.0213. The summed E-state index contributed by atoms with van der Waals surface area (Å²) in [5.74, 6) is -0.792. The minimum atomic E-state index is -3.77. The van der Waals surface area contributed by atoms with Crippen molar-refractivity contribution in [2.45, 2.75) is 36.6 Å². The van der Waals surface area contributed by atoms with Gasteiger partial charge in [-0.25, -0.2) is 12.8 Å². The van der Waals surface area contributed by atoms with Gasteiger partial charge in [0.05, 0.1) is 0 Å². The maximum atomic E-state index is 13.7. The zero-order valence-corrected chi connectivity index (χ0v) is 11.1. The Balaban J connectivity index is 2.35. The highest BCUT2D eigenvalue weighted by Crippen LogP contribution is 2.28. The number of halogens is 1. The largest absolute Gasteiger partial charge is 0.399 e. The van der Waals surface area contributed by atoms with Gasteiger partial charge in [-0.15, -0.1) is 0 Å². The normalized spacial score (nSPS) is 17.5. The van der Waals surface area contributed by atoms with Gasteiger partial charge < -0.3 is 5.73 Å². The van der Waals surface area contributed by atoms with E-state index in [4.69, 9.17) is 5.73 Å². The molecule has 0 unspecified atom stereocenters. The average Bonchev–Trinajstić information content (AvgIpc) is 2.80. The van der Waals surface area contributed by atoms with Crippen molar-refractivity contribution < 1.29 is 12.8 Å². The Labute approximate surface area is 107 Å². The number of hydrogen-bond donors (Lipinski definition) is 1. The molecule has 1 aliphatic rings. The first-order valence-corrected chi connectivity index (χ1v) is 7.40. The van der Waals surface area contributed by atoms with Crippen molar-refractivity contribution in [1.82, 2.24) is 4.31 Å². The van der Waals surface area contributed by atoms with Gasteiger partial charge in [0.15, 0.2) is 0 Å². The van der Waals surface area contributed by atoms with Crippen LogP contribution in [0.5, 0.6) is 0 Å². The van der Waals surface area contributed by atoms with Crippen LogP contribution in [0.3, 0.4) is 0 Å². The molecule has 0 aromatic heterocycles. The molecular weight excluding hydrogens is 255 g/mol. The van der Waals surface area contributed by atoms with Crippen LogP contribution in [-0.2, 0) is 10.0 Å². The summed E-state index contributed by atoms with van der Waals surface area (Å²) in [6.07, 6.45) is 3.72. The molecule has 4 nitrogen and oxygen atoms in total. The number of benzene rings is 1. The second-order valence-corrected chi connectivity index (χ2v) is 6.62. The summed E-state index contributed by atoms with van der Waals surface area (Å²) in [7, 11) is -2.25. The quantitative estimate of drug-likeness (QED) is 0.856.